The van der Waals surface area contributed by atoms with Gasteiger partial charge < -0.3 is 21.3 Å². The Labute approximate surface area is 202 Å². The van der Waals surface area contributed by atoms with Crippen molar-refractivity contribution in [2.75, 3.05) is 6.54 Å². The summed E-state index contributed by atoms with van der Waals surface area (Å²) in [4.78, 5) is 29.3. The van der Waals surface area contributed by atoms with Gasteiger partial charge in [-0.05, 0) is 62.0 Å². The molecule has 0 bridgehead atoms. The Kier molecular flexibility index (Phi) is 6.91. The van der Waals surface area contributed by atoms with Gasteiger partial charge in [0.15, 0.2) is 0 Å². The number of amidine groups is 1. The smallest absolute Gasteiger partial charge is 0.243 e. The zero-order valence-electron chi connectivity index (χ0n) is 20.1. The van der Waals surface area contributed by atoms with E-state index in [4.69, 9.17) is 11.1 Å². The molecule has 2 aliphatic carbocycles. The van der Waals surface area contributed by atoms with Crippen molar-refractivity contribution >= 4 is 17.6 Å². The van der Waals surface area contributed by atoms with E-state index in [-0.39, 0.29) is 35.8 Å². The zero-order valence-corrected chi connectivity index (χ0v) is 20.1. The molecule has 0 radical (unpaired) electrons. The van der Waals surface area contributed by atoms with Gasteiger partial charge in [-0.2, -0.15) is 0 Å². The molecule has 7 nitrogen and oxygen atoms in total. The Hall–Kier alpha value is -2.41. The second-order valence-electron chi connectivity index (χ2n) is 10.9. The number of amides is 2. The third-order valence-corrected chi connectivity index (χ3v) is 8.91. The Morgan fingerprint density at radius 1 is 0.971 bits per heavy atom. The quantitative estimate of drug-likeness (QED) is 0.396. The number of hydrogen-bond acceptors (Lipinski definition) is 4. The van der Waals surface area contributed by atoms with Gasteiger partial charge in [-0.3, -0.25) is 15.0 Å². The summed E-state index contributed by atoms with van der Waals surface area (Å²) in [6, 6.07) is 7.07. The van der Waals surface area contributed by atoms with Gasteiger partial charge in [0.05, 0.1) is 6.04 Å². The Morgan fingerprint density at radius 3 is 2.38 bits per heavy atom. The van der Waals surface area contributed by atoms with E-state index >= 15 is 0 Å². The first-order valence-corrected chi connectivity index (χ1v) is 13.3. The summed E-state index contributed by atoms with van der Waals surface area (Å²) in [7, 11) is 0. The molecule has 6 atom stereocenters. The van der Waals surface area contributed by atoms with Crippen LogP contribution >= 0.6 is 0 Å². The third kappa shape index (κ3) is 4.72. The van der Waals surface area contributed by atoms with Crippen LogP contribution in [0.4, 0.5) is 0 Å². The van der Waals surface area contributed by atoms with Crippen molar-refractivity contribution in [1.82, 2.24) is 15.5 Å². The van der Waals surface area contributed by atoms with Crippen LogP contribution in [0.25, 0.3) is 0 Å². The normalized spacial score (nSPS) is 33.0. The summed E-state index contributed by atoms with van der Waals surface area (Å²) < 4.78 is 0. The number of piperidine rings is 1. The molecular weight excluding hydrogens is 426 g/mol. The van der Waals surface area contributed by atoms with Gasteiger partial charge in [-0.15, -0.1) is 0 Å². The minimum atomic E-state index is -0.372. The van der Waals surface area contributed by atoms with E-state index in [2.05, 4.69) is 10.6 Å². The van der Waals surface area contributed by atoms with E-state index in [1.165, 1.54) is 32.1 Å². The lowest BCUT2D eigenvalue weighted by Crippen LogP contribution is -2.58. The molecule has 184 valence electrons. The second-order valence-corrected chi connectivity index (χ2v) is 10.9. The maximum Gasteiger partial charge on any atom is 0.243 e. The molecule has 2 amide bonds. The summed E-state index contributed by atoms with van der Waals surface area (Å²) in [5.41, 5.74) is 7.17. The molecule has 2 saturated carbocycles. The molecule has 0 unspecified atom stereocenters. The fourth-order valence-electron chi connectivity index (χ4n) is 7.03. The minimum absolute atomic E-state index is 0.0363. The van der Waals surface area contributed by atoms with Crippen molar-refractivity contribution in [3.05, 3.63) is 35.4 Å². The topological polar surface area (TPSA) is 111 Å². The monoisotopic (exact) mass is 465 g/mol. The van der Waals surface area contributed by atoms with Crippen molar-refractivity contribution in [2.24, 2.45) is 23.5 Å². The summed E-state index contributed by atoms with van der Waals surface area (Å²) >= 11 is 0. The third-order valence-electron chi connectivity index (χ3n) is 8.91. The molecule has 4 fully saturated rings. The van der Waals surface area contributed by atoms with Crippen LogP contribution in [-0.4, -0.2) is 47.2 Å². The van der Waals surface area contributed by atoms with Gasteiger partial charge in [-0.1, -0.05) is 56.4 Å². The molecule has 0 spiro atoms. The average molecular weight is 466 g/mol. The largest absolute Gasteiger partial charge is 0.384 e. The van der Waals surface area contributed by atoms with Gasteiger partial charge in [-0.25, -0.2) is 0 Å². The number of fused-ring (bicyclic) bond motifs is 2. The Morgan fingerprint density at radius 2 is 1.65 bits per heavy atom. The molecular formula is C27H39N5O2. The second kappa shape index (κ2) is 10.1. The van der Waals surface area contributed by atoms with Gasteiger partial charge >= 0.3 is 0 Å². The first kappa shape index (κ1) is 23.3. The van der Waals surface area contributed by atoms with E-state index in [1.807, 2.05) is 17.0 Å². The lowest BCUT2D eigenvalue weighted by molar-refractivity contribution is -0.143. The van der Waals surface area contributed by atoms with Gasteiger partial charge in [0, 0.05) is 18.2 Å². The molecule has 2 aliphatic heterocycles. The minimum Gasteiger partial charge on any atom is -0.384 e. The number of carbonyl (C=O) groups excluding carboxylic acids is 2. The first-order valence-electron chi connectivity index (χ1n) is 13.3. The van der Waals surface area contributed by atoms with E-state index in [9.17, 15) is 9.59 Å². The molecule has 2 heterocycles. The highest BCUT2D eigenvalue weighted by Crippen LogP contribution is 2.42. The predicted octanol–water partition coefficient (Wildman–Crippen LogP) is 2.91. The Bertz CT molecular complexity index is 916. The average Bonchev–Trinajstić information content (AvgIpc) is 3.26. The van der Waals surface area contributed by atoms with Gasteiger partial charge in [0.2, 0.25) is 11.8 Å². The highest BCUT2D eigenvalue weighted by atomic mass is 16.2. The molecule has 34 heavy (non-hydrogen) atoms. The molecule has 4 aliphatic rings. The van der Waals surface area contributed by atoms with Gasteiger partial charge in [0.1, 0.15) is 11.9 Å². The molecule has 5 N–H and O–H groups in total. The highest BCUT2D eigenvalue weighted by molar-refractivity contribution is 5.95. The van der Waals surface area contributed by atoms with Crippen molar-refractivity contribution in [3.8, 4) is 0 Å². The number of hydrogen-bond donors (Lipinski definition) is 4. The van der Waals surface area contributed by atoms with Crippen LogP contribution in [0.5, 0.6) is 0 Å². The summed E-state index contributed by atoms with van der Waals surface area (Å²) in [5, 5.41) is 14.2. The maximum absolute atomic E-state index is 13.9. The van der Waals surface area contributed by atoms with Crippen molar-refractivity contribution in [3.63, 3.8) is 0 Å². The van der Waals surface area contributed by atoms with Crippen molar-refractivity contribution < 1.29 is 9.59 Å². The summed E-state index contributed by atoms with van der Waals surface area (Å²) in [6.45, 7) is 1.35. The number of nitrogens with one attached hydrogen (secondary N) is 3. The van der Waals surface area contributed by atoms with Gasteiger partial charge in [0.25, 0.3) is 0 Å². The fraction of sp³-hybridized carbons (Fsp3) is 0.667. The fourth-order valence-corrected chi connectivity index (χ4v) is 7.03. The number of benzene rings is 1. The lowest BCUT2D eigenvalue weighted by atomic mass is 9.73. The van der Waals surface area contributed by atoms with E-state index in [0.717, 1.165) is 44.2 Å². The number of nitrogen functional groups attached to an aromatic ring is 1. The van der Waals surface area contributed by atoms with Crippen LogP contribution in [0.2, 0.25) is 0 Å². The molecule has 7 heteroatoms. The van der Waals surface area contributed by atoms with Crippen molar-refractivity contribution in [1.29, 1.82) is 5.41 Å². The summed E-state index contributed by atoms with van der Waals surface area (Å²) in [5.74, 6) is 1.96. The van der Waals surface area contributed by atoms with Crippen LogP contribution in [-0.2, 0) is 16.1 Å². The molecule has 1 aromatic carbocycles. The predicted molar refractivity (Wildman–Crippen MR) is 132 cm³/mol. The van der Waals surface area contributed by atoms with Crippen LogP contribution in [0.1, 0.15) is 75.3 Å². The maximum atomic E-state index is 13.9. The molecule has 0 aromatic heterocycles. The van der Waals surface area contributed by atoms with E-state index in [1.54, 1.807) is 12.1 Å². The van der Waals surface area contributed by atoms with Crippen LogP contribution in [0.3, 0.4) is 0 Å². The standard InChI is InChI=1S/C27H39N5O2/c28-25(29)18-11-9-17(10-12-18)15-31-26(33)24-14-20-6-3-4-8-23(20)32(24)27(34)22-13-19-5-1-2-7-21(19)16-30-22/h9-12,19-24,30H,1-8,13-16H2,(H3,28,29)(H,31,33)/t19-,20+,21+,22-,23+,24+/m1/s1. The van der Waals surface area contributed by atoms with Crippen molar-refractivity contribution in [2.45, 2.75) is 88.9 Å². The number of carbonyl (C=O) groups is 2. The molecule has 2 saturated heterocycles. The zero-order chi connectivity index (χ0) is 23.7. The Balaban J connectivity index is 1.27. The van der Waals surface area contributed by atoms with Crippen LogP contribution in [0, 0.1) is 23.2 Å². The molecule has 1 aromatic rings. The number of likely N-dealkylation sites (tertiary alicyclic amines) is 1. The highest BCUT2D eigenvalue weighted by Gasteiger charge is 2.49. The number of rotatable bonds is 5. The lowest BCUT2D eigenvalue weighted by Gasteiger charge is -2.42. The number of nitrogens with two attached hydrogens (primary N) is 1. The summed E-state index contributed by atoms with van der Waals surface area (Å²) in [6.07, 6.45) is 11.3. The SMILES string of the molecule is N=C(N)c1ccc(CNC(=O)[C@@H]2C[C@@H]3CCCC[C@@H]3N2C(=O)[C@H]2C[C@H]3CCCC[C@H]3CN2)cc1. The van der Waals surface area contributed by atoms with Crippen LogP contribution in [0.15, 0.2) is 24.3 Å². The van der Waals surface area contributed by atoms with Crippen LogP contribution < -0.4 is 16.4 Å². The molecule has 5 rings (SSSR count). The van der Waals surface area contributed by atoms with E-state index < -0.39 is 0 Å². The number of nitrogens with zero attached hydrogens (tertiary/aromatic N) is 1. The first-order chi connectivity index (χ1) is 16.5. The van der Waals surface area contributed by atoms with E-state index in [0.29, 0.717) is 29.9 Å².